The van der Waals surface area contributed by atoms with Gasteiger partial charge in [-0.2, -0.15) is 0 Å². The Kier molecular flexibility index (Phi) is 4.71. The smallest absolute Gasteiger partial charge is 0.190 e. The van der Waals surface area contributed by atoms with Crippen LogP contribution in [0, 0.1) is 0 Å². The number of nitrogens with zero attached hydrogens (tertiary/aromatic N) is 2. The highest BCUT2D eigenvalue weighted by atomic mass is 16.7. The van der Waals surface area contributed by atoms with E-state index >= 15 is 0 Å². The number of likely N-dealkylation sites (tertiary alicyclic amines) is 1. The maximum absolute atomic E-state index is 6.50. The Bertz CT molecular complexity index is 963. The van der Waals surface area contributed by atoms with Gasteiger partial charge in [-0.15, -0.1) is 0 Å². The Hall–Kier alpha value is -2.57. The molecule has 3 atom stereocenters. The number of pyridine rings is 1. The van der Waals surface area contributed by atoms with Gasteiger partial charge in [0.25, 0.3) is 0 Å². The molecule has 1 aliphatic carbocycles. The fourth-order valence-corrected chi connectivity index (χ4v) is 5.19. The van der Waals surface area contributed by atoms with Gasteiger partial charge in [0, 0.05) is 43.5 Å². The molecule has 5 rings (SSSR count). The van der Waals surface area contributed by atoms with Crippen molar-refractivity contribution in [2.75, 3.05) is 34.4 Å². The number of allylic oxidation sites excluding steroid dienone is 1. The average Bonchev–Trinajstić information content (AvgIpc) is 3.36. The molecule has 158 valence electrons. The summed E-state index contributed by atoms with van der Waals surface area (Å²) in [7, 11) is 5.51. The number of likely N-dealkylation sites (N-methyl/N-ethyl adjacent to an activating group) is 1. The van der Waals surface area contributed by atoms with Gasteiger partial charge in [-0.25, -0.2) is 0 Å². The van der Waals surface area contributed by atoms with Crippen LogP contribution >= 0.6 is 0 Å². The van der Waals surface area contributed by atoms with E-state index in [2.05, 4.69) is 35.1 Å². The Morgan fingerprint density at radius 1 is 1.03 bits per heavy atom. The molecule has 0 N–H and O–H groups in total. The molecule has 1 aromatic carbocycles. The van der Waals surface area contributed by atoms with Crippen LogP contribution < -0.4 is 9.47 Å². The Morgan fingerprint density at radius 2 is 1.83 bits per heavy atom. The van der Waals surface area contributed by atoms with Crippen LogP contribution in [0.15, 0.2) is 54.5 Å². The zero-order valence-corrected chi connectivity index (χ0v) is 17.8. The van der Waals surface area contributed by atoms with Gasteiger partial charge in [-0.3, -0.25) is 4.98 Å². The van der Waals surface area contributed by atoms with E-state index in [0.29, 0.717) is 6.61 Å². The van der Waals surface area contributed by atoms with Crippen LogP contribution in [-0.4, -0.2) is 50.1 Å². The van der Waals surface area contributed by atoms with Gasteiger partial charge in [0.1, 0.15) is 6.10 Å². The summed E-state index contributed by atoms with van der Waals surface area (Å²) in [6.07, 6.45) is 8.61. The van der Waals surface area contributed by atoms with Gasteiger partial charge in [0.2, 0.25) is 0 Å². The molecule has 1 unspecified atom stereocenters. The second-order valence-corrected chi connectivity index (χ2v) is 8.36. The molecule has 2 aliphatic heterocycles. The van der Waals surface area contributed by atoms with Crippen molar-refractivity contribution in [1.82, 2.24) is 9.88 Å². The van der Waals surface area contributed by atoms with Crippen molar-refractivity contribution >= 4 is 0 Å². The summed E-state index contributed by atoms with van der Waals surface area (Å²) in [5.41, 5.74) is 3.59. The predicted molar refractivity (Wildman–Crippen MR) is 113 cm³/mol. The Labute approximate surface area is 177 Å². The lowest BCUT2D eigenvalue weighted by molar-refractivity contribution is -0.143. The van der Waals surface area contributed by atoms with Crippen molar-refractivity contribution in [1.29, 1.82) is 0 Å². The van der Waals surface area contributed by atoms with Crippen molar-refractivity contribution in [3.63, 3.8) is 0 Å². The first-order chi connectivity index (χ1) is 14.6. The highest BCUT2D eigenvalue weighted by molar-refractivity contribution is 5.50. The summed E-state index contributed by atoms with van der Waals surface area (Å²) in [4.78, 5) is 6.45. The highest BCUT2D eigenvalue weighted by Crippen LogP contribution is 2.54. The monoisotopic (exact) mass is 408 g/mol. The van der Waals surface area contributed by atoms with Crippen molar-refractivity contribution in [2.24, 2.45) is 0 Å². The van der Waals surface area contributed by atoms with E-state index in [1.54, 1.807) is 26.6 Å². The van der Waals surface area contributed by atoms with Crippen LogP contribution in [0.2, 0.25) is 0 Å². The summed E-state index contributed by atoms with van der Waals surface area (Å²) in [5.74, 6) is 0.858. The number of aromatic nitrogens is 1. The van der Waals surface area contributed by atoms with Gasteiger partial charge in [-0.05, 0) is 54.3 Å². The highest BCUT2D eigenvalue weighted by Gasteiger charge is 2.53. The van der Waals surface area contributed by atoms with Gasteiger partial charge < -0.3 is 23.8 Å². The second kappa shape index (κ2) is 7.29. The molecule has 3 aliphatic rings. The first-order valence-corrected chi connectivity index (χ1v) is 10.5. The topological polar surface area (TPSA) is 53.1 Å². The van der Waals surface area contributed by atoms with E-state index in [-0.39, 0.29) is 11.5 Å². The van der Waals surface area contributed by atoms with Gasteiger partial charge in [0.15, 0.2) is 17.3 Å². The van der Waals surface area contributed by atoms with E-state index in [0.717, 1.165) is 42.9 Å². The summed E-state index contributed by atoms with van der Waals surface area (Å²) in [6.45, 7) is 1.56. The zero-order valence-electron chi connectivity index (χ0n) is 17.8. The van der Waals surface area contributed by atoms with Crippen LogP contribution in [0.3, 0.4) is 0 Å². The molecule has 1 aromatic heterocycles. The SMILES string of the molecule is COc1ccc([C@]23CCN(C)C2=CC2(CC3)OC[C@H](c3ccncc3)O2)cc1OC. The third kappa shape index (κ3) is 2.97. The number of fused-ring (bicyclic) bond motifs is 1. The number of hydrogen-bond donors (Lipinski definition) is 0. The van der Waals surface area contributed by atoms with E-state index in [1.807, 2.05) is 18.2 Å². The normalized spacial score (nSPS) is 30.3. The third-order valence-electron chi connectivity index (χ3n) is 6.87. The van der Waals surface area contributed by atoms with Crippen molar-refractivity contribution in [3.8, 4) is 11.5 Å². The summed E-state index contributed by atoms with van der Waals surface area (Å²) in [5, 5.41) is 0. The number of benzene rings is 1. The lowest BCUT2D eigenvalue weighted by atomic mass is 9.69. The fourth-order valence-electron chi connectivity index (χ4n) is 5.19. The van der Waals surface area contributed by atoms with Crippen LogP contribution in [-0.2, 0) is 14.9 Å². The summed E-state index contributed by atoms with van der Waals surface area (Å²) in [6, 6.07) is 10.3. The minimum absolute atomic E-state index is 0.0545. The Balaban J connectivity index is 1.50. The first-order valence-electron chi connectivity index (χ1n) is 10.5. The molecular weight excluding hydrogens is 380 g/mol. The van der Waals surface area contributed by atoms with Crippen LogP contribution in [0.4, 0.5) is 0 Å². The largest absolute Gasteiger partial charge is 0.493 e. The second-order valence-electron chi connectivity index (χ2n) is 8.36. The molecule has 2 fully saturated rings. The molecule has 6 nitrogen and oxygen atoms in total. The third-order valence-corrected chi connectivity index (χ3v) is 6.87. The Morgan fingerprint density at radius 3 is 2.60 bits per heavy atom. The maximum Gasteiger partial charge on any atom is 0.190 e. The molecule has 0 radical (unpaired) electrons. The molecule has 0 amide bonds. The van der Waals surface area contributed by atoms with Crippen molar-refractivity contribution in [2.45, 2.75) is 36.6 Å². The fraction of sp³-hybridized carbons (Fsp3) is 0.458. The molecule has 2 saturated heterocycles. The number of methoxy groups -OCH3 is 2. The summed E-state index contributed by atoms with van der Waals surface area (Å²) < 4.78 is 23.8. The standard InChI is InChI=1S/C24H28N2O4/c1-26-13-10-23(18-4-5-19(27-2)20(14-18)28-3)8-9-24(15-22(23)26)29-16-21(30-24)17-6-11-25-12-7-17/h4-7,11-12,14-15,21H,8-10,13,16H2,1-3H3/t21-,23+,24?/m1/s1. The molecule has 3 heterocycles. The summed E-state index contributed by atoms with van der Waals surface area (Å²) >= 11 is 0. The van der Waals surface area contributed by atoms with Crippen LogP contribution in [0.25, 0.3) is 0 Å². The van der Waals surface area contributed by atoms with Gasteiger partial charge in [0.05, 0.1) is 20.8 Å². The zero-order chi connectivity index (χ0) is 20.8. The molecule has 30 heavy (non-hydrogen) atoms. The van der Waals surface area contributed by atoms with E-state index in [4.69, 9.17) is 18.9 Å². The predicted octanol–water partition coefficient (Wildman–Crippen LogP) is 3.83. The van der Waals surface area contributed by atoms with E-state index in [1.165, 1.54) is 11.3 Å². The number of rotatable bonds is 4. The molecule has 0 saturated carbocycles. The number of ether oxygens (including phenoxy) is 4. The molecule has 2 aromatic rings. The molecule has 6 heteroatoms. The maximum atomic E-state index is 6.50. The molecular formula is C24H28N2O4. The quantitative estimate of drug-likeness (QED) is 0.766. The van der Waals surface area contributed by atoms with Gasteiger partial charge >= 0.3 is 0 Å². The number of hydrogen-bond acceptors (Lipinski definition) is 6. The van der Waals surface area contributed by atoms with Crippen molar-refractivity contribution < 1.29 is 18.9 Å². The molecule has 0 bridgehead atoms. The average molecular weight is 408 g/mol. The van der Waals surface area contributed by atoms with Crippen LogP contribution in [0.1, 0.15) is 36.5 Å². The first kappa shape index (κ1) is 19.4. The minimum atomic E-state index is -0.665. The minimum Gasteiger partial charge on any atom is -0.493 e. The lowest BCUT2D eigenvalue weighted by Gasteiger charge is -2.41. The van der Waals surface area contributed by atoms with Crippen molar-refractivity contribution in [3.05, 3.63) is 65.6 Å². The van der Waals surface area contributed by atoms with E-state index in [9.17, 15) is 0 Å². The van der Waals surface area contributed by atoms with Crippen LogP contribution in [0.5, 0.6) is 11.5 Å². The van der Waals surface area contributed by atoms with Gasteiger partial charge in [-0.1, -0.05) is 6.07 Å². The van der Waals surface area contributed by atoms with E-state index < -0.39 is 5.79 Å². The lowest BCUT2D eigenvalue weighted by Crippen LogP contribution is -2.41. The molecule has 1 spiro atoms.